The molecule has 16 heavy (non-hydrogen) atoms. The second-order valence-electron chi connectivity index (χ2n) is 4.63. The van der Waals surface area contributed by atoms with Crippen molar-refractivity contribution in [1.29, 1.82) is 5.26 Å². The molecule has 0 amide bonds. The van der Waals surface area contributed by atoms with Gasteiger partial charge in [-0.05, 0) is 26.3 Å². The van der Waals surface area contributed by atoms with Crippen molar-refractivity contribution < 1.29 is 8.42 Å². The second-order valence-corrected chi connectivity index (χ2v) is 6.93. The van der Waals surface area contributed by atoms with E-state index in [4.69, 9.17) is 11.0 Å². The van der Waals surface area contributed by atoms with Crippen LogP contribution in [0.5, 0.6) is 0 Å². The maximum Gasteiger partial charge on any atom is 0.152 e. The van der Waals surface area contributed by atoms with Gasteiger partial charge in [0.25, 0.3) is 0 Å². The van der Waals surface area contributed by atoms with Gasteiger partial charge < -0.3 is 10.6 Å². The summed E-state index contributed by atoms with van der Waals surface area (Å²) in [5, 5.41) is 8.73. The van der Waals surface area contributed by atoms with E-state index < -0.39 is 15.4 Å². The highest BCUT2D eigenvalue weighted by molar-refractivity contribution is 7.91. The van der Waals surface area contributed by atoms with Gasteiger partial charge in [0.1, 0.15) is 5.54 Å². The fraction of sp³-hybridized carbons (Fsp3) is 0.900. The maximum absolute atomic E-state index is 11.2. The third-order valence-corrected chi connectivity index (χ3v) is 4.47. The van der Waals surface area contributed by atoms with Gasteiger partial charge in [0.15, 0.2) is 9.84 Å². The van der Waals surface area contributed by atoms with Crippen LogP contribution in [-0.4, -0.2) is 50.0 Å². The summed E-state index contributed by atoms with van der Waals surface area (Å²) >= 11 is 0. The van der Waals surface area contributed by atoms with Crippen molar-refractivity contribution in [3.05, 3.63) is 0 Å². The first-order valence-corrected chi connectivity index (χ1v) is 7.30. The Morgan fingerprint density at radius 1 is 1.44 bits per heavy atom. The number of hydrogen-bond acceptors (Lipinski definition) is 5. The smallest absolute Gasteiger partial charge is 0.152 e. The van der Waals surface area contributed by atoms with Crippen molar-refractivity contribution in [3.63, 3.8) is 0 Å². The second kappa shape index (κ2) is 5.13. The topological polar surface area (TPSA) is 87.2 Å². The Morgan fingerprint density at radius 2 is 2.00 bits per heavy atom. The largest absolute Gasteiger partial charge is 0.314 e. The normalized spacial score (nSPS) is 24.6. The third kappa shape index (κ3) is 4.47. The van der Waals surface area contributed by atoms with Gasteiger partial charge in [-0.1, -0.05) is 0 Å². The molecule has 0 spiro atoms. The molecule has 5 nitrogen and oxygen atoms in total. The van der Waals surface area contributed by atoms with Crippen LogP contribution >= 0.6 is 0 Å². The van der Waals surface area contributed by atoms with Crippen molar-refractivity contribution >= 4 is 9.84 Å². The summed E-state index contributed by atoms with van der Waals surface area (Å²) in [6.07, 6.45) is 1.48. The zero-order chi connectivity index (χ0) is 12.2. The summed E-state index contributed by atoms with van der Waals surface area (Å²) in [5.74, 6) is 0.510. The minimum absolute atomic E-state index is 0.255. The van der Waals surface area contributed by atoms with Crippen LogP contribution in [0.3, 0.4) is 0 Å². The summed E-state index contributed by atoms with van der Waals surface area (Å²) in [4.78, 5) is 2.12. The van der Waals surface area contributed by atoms with Crippen molar-refractivity contribution in [2.24, 2.45) is 5.73 Å². The van der Waals surface area contributed by atoms with Crippen LogP contribution in [-0.2, 0) is 9.84 Å². The molecule has 0 aromatic heterocycles. The highest BCUT2D eigenvalue weighted by Gasteiger charge is 2.22. The monoisotopic (exact) mass is 245 g/mol. The van der Waals surface area contributed by atoms with E-state index in [-0.39, 0.29) is 11.5 Å². The minimum Gasteiger partial charge on any atom is -0.314 e. The van der Waals surface area contributed by atoms with Crippen molar-refractivity contribution in [3.8, 4) is 6.07 Å². The molecular formula is C10H19N3O2S. The van der Waals surface area contributed by atoms with E-state index in [1.165, 1.54) is 0 Å². The minimum atomic E-state index is -2.79. The molecule has 0 radical (unpaired) electrons. The molecule has 0 aromatic rings. The maximum atomic E-state index is 11.2. The molecule has 0 aliphatic carbocycles. The average molecular weight is 245 g/mol. The molecule has 1 fully saturated rings. The Hall–Kier alpha value is -0.640. The zero-order valence-corrected chi connectivity index (χ0v) is 10.5. The van der Waals surface area contributed by atoms with Gasteiger partial charge in [-0.2, -0.15) is 5.26 Å². The molecule has 1 atom stereocenters. The lowest BCUT2D eigenvalue weighted by Gasteiger charge is -2.27. The van der Waals surface area contributed by atoms with Gasteiger partial charge >= 0.3 is 0 Å². The number of hydrogen-bond donors (Lipinski definition) is 1. The van der Waals surface area contributed by atoms with Crippen LogP contribution in [0, 0.1) is 11.3 Å². The Bertz CT molecular complexity index is 356. The SMILES string of the molecule is CC(N)(C#N)CCCN1CCS(=O)(=O)CC1. The van der Waals surface area contributed by atoms with Crippen LogP contribution in [0.1, 0.15) is 19.8 Å². The molecule has 2 N–H and O–H groups in total. The summed E-state index contributed by atoms with van der Waals surface area (Å²) in [6.45, 7) is 3.75. The molecule has 1 heterocycles. The fourth-order valence-corrected chi connectivity index (χ4v) is 2.98. The number of sulfone groups is 1. The highest BCUT2D eigenvalue weighted by Crippen LogP contribution is 2.10. The quantitative estimate of drug-likeness (QED) is 0.737. The lowest BCUT2D eigenvalue weighted by molar-refractivity contribution is 0.282. The summed E-state index contributed by atoms with van der Waals surface area (Å²) in [5.41, 5.74) is 4.94. The molecule has 0 saturated carbocycles. The van der Waals surface area contributed by atoms with Gasteiger partial charge in [-0.25, -0.2) is 8.42 Å². The molecular weight excluding hydrogens is 226 g/mol. The van der Waals surface area contributed by atoms with Gasteiger partial charge in [0.05, 0.1) is 17.6 Å². The number of nitrogens with zero attached hydrogens (tertiary/aromatic N) is 2. The molecule has 1 saturated heterocycles. The predicted octanol–water partition coefficient (Wildman–Crippen LogP) is -0.262. The first-order valence-electron chi connectivity index (χ1n) is 5.48. The lowest BCUT2D eigenvalue weighted by atomic mass is 9.99. The Morgan fingerprint density at radius 3 is 2.50 bits per heavy atom. The van der Waals surface area contributed by atoms with E-state index in [0.29, 0.717) is 19.5 Å². The van der Waals surface area contributed by atoms with E-state index in [1.807, 2.05) is 0 Å². The molecule has 1 unspecified atom stereocenters. The number of nitriles is 1. The number of rotatable bonds is 4. The van der Waals surface area contributed by atoms with Crippen molar-refractivity contribution in [1.82, 2.24) is 4.90 Å². The molecule has 0 bridgehead atoms. The molecule has 1 aliphatic rings. The third-order valence-electron chi connectivity index (χ3n) is 2.86. The number of nitrogens with two attached hydrogens (primary N) is 1. The van der Waals surface area contributed by atoms with Gasteiger partial charge in [-0.3, -0.25) is 0 Å². The fourth-order valence-electron chi connectivity index (χ4n) is 1.70. The van der Waals surface area contributed by atoms with Crippen LogP contribution < -0.4 is 5.73 Å². The van der Waals surface area contributed by atoms with Crippen molar-refractivity contribution in [2.45, 2.75) is 25.3 Å². The molecule has 0 aromatic carbocycles. The van der Waals surface area contributed by atoms with E-state index in [9.17, 15) is 8.42 Å². The predicted molar refractivity (Wildman–Crippen MR) is 62.5 cm³/mol. The van der Waals surface area contributed by atoms with Gasteiger partial charge in [-0.15, -0.1) is 0 Å². The van der Waals surface area contributed by atoms with Gasteiger partial charge in [0.2, 0.25) is 0 Å². The molecule has 92 valence electrons. The van der Waals surface area contributed by atoms with E-state index in [2.05, 4.69) is 11.0 Å². The first kappa shape index (κ1) is 13.4. The Kier molecular flexibility index (Phi) is 4.30. The van der Waals surface area contributed by atoms with Crippen LogP contribution in [0.4, 0.5) is 0 Å². The van der Waals surface area contributed by atoms with E-state index in [0.717, 1.165) is 13.0 Å². The molecule has 1 rings (SSSR count). The summed E-state index contributed by atoms with van der Waals surface area (Å²) in [6, 6.07) is 2.06. The molecule has 1 aliphatic heterocycles. The van der Waals surface area contributed by atoms with E-state index >= 15 is 0 Å². The Balaban J connectivity index is 2.24. The lowest BCUT2D eigenvalue weighted by Crippen LogP contribution is -2.41. The Labute approximate surface area is 97.1 Å². The van der Waals surface area contributed by atoms with Gasteiger partial charge in [0, 0.05) is 13.1 Å². The molecule has 6 heteroatoms. The van der Waals surface area contributed by atoms with Crippen molar-refractivity contribution in [2.75, 3.05) is 31.1 Å². The average Bonchev–Trinajstić information content (AvgIpc) is 2.20. The summed E-state index contributed by atoms with van der Waals surface area (Å²) < 4.78 is 22.4. The van der Waals surface area contributed by atoms with Crippen LogP contribution in [0.15, 0.2) is 0 Å². The van der Waals surface area contributed by atoms with Crippen LogP contribution in [0.25, 0.3) is 0 Å². The van der Waals surface area contributed by atoms with Crippen LogP contribution in [0.2, 0.25) is 0 Å². The highest BCUT2D eigenvalue weighted by atomic mass is 32.2. The summed E-state index contributed by atoms with van der Waals surface area (Å²) in [7, 11) is -2.79. The zero-order valence-electron chi connectivity index (χ0n) is 9.65. The standard InChI is InChI=1S/C10H19N3O2S/c1-10(12,9-11)3-2-4-13-5-7-16(14,15)8-6-13/h2-8,12H2,1H3. The van der Waals surface area contributed by atoms with E-state index in [1.54, 1.807) is 6.92 Å². The first-order chi connectivity index (χ1) is 7.35.